The number of likely N-dealkylation sites (N-methyl/N-ethyl adjacent to an activating group) is 1. The summed E-state index contributed by atoms with van der Waals surface area (Å²) in [6, 6.07) is 6.13. The molecule has 0 radical (unpaired) electrons. The molecule has 1 aliphatic rings. The Morgan fingerprint density at radius 3 is 2.61 bits per heavy atom. The number of rotatable bonds is 4. The van der Waals surface area contributed by atoms with E-state index in [1.807, 2.05) is 12.1 Å². The lowest BCUT2D eigenvalue weighted by Gasteiger charge is -2.28. The predicted octanol–water partition coefficient (Wildman–Crippen LogP) is 3.18. The Kier molecular flexibility index (Phi) is 5.90. The predicted molar refractivity (Wildman–Crippen MR) is 104 cm³/mol. The van der Waals surface area contributed by atoms with E-state index in [1.54, 1.807) is 44.9 Å². The van der Waals surface area contributed by atoms with Gasteiger partial charge >= 0.3 is 6.03 Å². The average molecular weight is 407 g/mol. The monoisotopic (exact) mass is 406 g/mol. The molecule has 2 aromatic rings. The van der Waals surface area contributed by atoms with Gasteiger partial charge in [0.2, 0.25) is 5.91 Å². The molecule has 28 heavy (non-hydrogen) atoms. The quantitative estimate of drug-likeness (QED) is 0.842. The molecule has 1 N–H and O–H groups in total. The Labute approximate surface area is 168 Å². The number of ether oxygens (including phenoxy) is 1. The lowest BCUT2D eigenvalue weighted by Crippen LogP contribution is -2.51. The number of hydrogen-bond donors (Lipinski definition) is 1. The number of benzene rings is 1. The Morgan fingerprint density at radius 2 is 2.00 bits per heavy atom. The molecule has 2 heterocycles. The number of carbonyl (C=O) groups excluding carboxylic acids is 2. The van der Waals surface area contributed by atoms with Gasteiger partial charge in [-0.1, -0.05) is 28.9 Å². The summed E-state index contributed by atoms with van der Waals surface area (Å²) in [5.74, 6) is 0.301. The van der Waals surface area contributed by atoms with Crippen molar-refractivity contribution in [2.24, 2.45) is 0 Å². The zero-order valence-electron chi connectivity index (χ0n) is 16.2. The molecule has 8 nitrogen and oxygen atoms in total. The van der Waals surface area contributed by atoms with Crippen LogP contribution in [0.2, 0.25) is 5.02 Å². The van der Waals surface area contributed by atoms with E-state index in [0.717, 1.165) is 5.56 Å². The zero-order chi connectivity index (χ0) is 20.4. The highest BCUT2D eigenvalue weighted by Gasteiger charge is 2.42. The number of amides is 3. The number of aromatic nitrogens is 1. The first-order valence-electron chi connectivity index (χ1n) is 8.89. The van der Waals surface area contributed by atoms with Crippen molar-refractivity contribution in [3.05, 3.63) is 46.3 Å². The molecule has 150 valence electrons. The van der Waals surface area contributed by atoms with Crippen LogP contribution in [-0.2, 0) is 16.1 Å². The second kappa shape index (κ2) is 8.20. The Hall–Kier alpha value is -2.58. The molecule has 3 amide bonds. The number of hydrogen-bond acceptors (Lipinski definition) is 5. The van der Waals surface area contributed by atoms with Crippen LogP contribution in [-0.4, -0.2) is 52.8 Å². The summed E-state index contributed by atoms with van der Waals surface area (Å²) in [6.07, 6.45) is -0.421. The fraction of sp³-hybridized carbons (Fsp3) is 0.421. The fourth-order valence-electron chi connectivity index (χ4n) is 3.15. The molecule has 9 heteroatoms. The first kappa shape index (κ1) is 20.2. The highest BCUT2D eigenvalue weighted by Crippen LogP contribution is 2.24. The summed E-state index contributed by atoms with van der Waals surface area (Å²) in [5.41, 5.74) is 2.02. The third kappa shape index (κ3) is 4.13. The van der Waals surface area contributed by atoms with Crippen LogP contribution in [0.1, 0.15) is 23.9 Å². The van der Waals surface area contributed by atoms with Gasteiger partial charge in [-0.15, -0.1) is 0 Å². The number of nitrogens with zero attached hydrogens (tertiary/aromatic N) is 3. The van der Waals surface area contributed by atoms with Crippen molar-refractivity contribution in [2.45, 2.75) is 39.5 Å². The maximum atomic E-state index is 13.0. The van der Waals surface area contributed by atoms with Gasteiger partial charge in [-0.05, 0) is 38.5 Å². The lowest BCUT2D eigenvalue weighted by molar-refractivity contribution is -0.135. The van der Waals surface area contributed by atoms with Crippen molar-refractivity contribution in [1.82, 2.24) is 15.0 Å². The van der Waals surface area contributed by atoms with E-state index in [0.29, 0.717) is 28.7 Å². The third-order valence-electron chi connectivity index (χ3n) is 4.75. The lowest BCUT2D eigenvalue weighted by atomic mass is 10.1. The molecule has 1 aromatic carbocycles. The molecule has 2 atom stereocenters. The van der Waals surface area contributed by atoms with Crippen molar-refractivity contribution in [1.29, 1.82) is 0 Å². The highest BCUT2D eigenvalue weighted by molar-refractivity contribution is 6.30. The summed E-state index contributed by atoms with van der Waals surface area (Å²) in [7, 11) is 1.70. The second-order valence-corrected chi connectivity index (χ2v) is 7.30. The molecular weight excluding hydrogens is 384 g/mol. The van der Waals surface area contributed by atoms with Crippen LogP contribution < -0.4 is 5.32 Å². The minimum atomic E-state index is -0.724. The van der Waals surface area contributed by atoms with E-state index in [9.17, 15) is 9.59 Å². The standard InChI is InChI=1S/C19H23ClN4O4/c1-11-16(12(2)28-22-11)21-19(26)24-10-27-13(3)17(24)18(25)23(4)9-14-5-7-15(20)8-6-14/h5-8,13,17H,9-10H2,1-4H3,(H,21,26)/t13-,17-/m1/s1. The van der Waals surface area contributed by atoms with E-state index in [2.05, 4.69) is 10.5 Å². The number of urea groups is 1. The van der Waals surface area contributed by atoms with Gasteiger partial charge in [0, 0.05) is 18.6 Å². The number of halogens is 1. The maximum Gasteiger partial charge on any atom is 0.324 e. The van der Waals surface area contributed by atoms with Gasteiger partial charge in [-0.3, -0.25) is 9.69 Å². The van der Waals surface area contributed by atoms with E-state index in [4.69, 9.17) is 20.9 Å². The van der Waals surface area contributed by atoms with E-state index < -0.39 is 18.2 Å². The largest absolute Gasteiger partial charge is 0.359 e. The highest BCUT2D eigenvalue weighted by atomic mass is 35.5. The topological polar surface area (TPSA) is 87.9 Å². The third-order valence-corrected chi connectivity index (χ3v) is 5.00. The summed E-state index contributed by atoms with van der Waals surface area (Å²) >= 11 is 5.91. The van der Waals surface area contributed by atoms with Crippen LogP contribution >= 0.6 is 11.6 Å². The minimum Gasteiger partial charge on any atom is -0.359 e. The van der Waals surface area contributed by atoms with Crippen molar-refractivity contribution in [2.75, 3.05) is 19.1 Å². The molecule has 3 rings (SSSR count). The molecule has 1 fully saturated rings. The Bertz CT molecular complexity index is 848. The minimum absolute atomic E-state index is 0.0293. The van der Waals surface area contributed by atoms with Gasteiger partial charge in [0.25, 0.3) is 0 Å². The summed E-state index contributed by atoms with van der Waals surface area (Å²) < 4.78 is 10.6. The smallest absolute Gasteiger partial charge is 0.324 e. The Morgan fingerprint density at radius 1 is 1.32 bits per heavy atom. The van der Waals surface area contributed by atoms with Crippen molar-refractivity contribution in [3.63, 3.8) is 0 Å². The van der Waals surface area contributed by atoms with Gasteiger partial charge in [0.15, 0.2) is 5.76 Å². The molecule has 1 aromatic heterocycles. The number of aryl methyl sites for hydroxylation is 2. The maximum absolute atomic E-state index is 13.0. The Balaban J connectivity index is 1.71. The summed E-state index contributed by atoms with van der Waals surface area (Å²) in [4.78, 5) is 28.8. The van der Waals surface area contributed by atoms with Crippen LogP contribution in [0.15, 0.2) is 28.8 Å². The van der Waals surface area contributed by atoms with Crippen LogP contribution in [0.3, 0.4) is 0 Å². The molecule has 0 unspecified atom stereocenters. The number of anilines is 1. The first-order chi connectivity index (χ1) is 13.3. The molecule has 0 spiro atoms. The molecule has 0 bridgehead atoms. The van der Waals surface area contributed by atoms with Crippen LogP contribution in [0, 0.1) is 13.8 Å². The fourth-order valence-corrected chi connectivity index (χ4v) is 3.28. The van der Waals surface area contributed by atoms with Crippen molar-refractivity contribution in [3.8, 4) is 0 Å². The SMILES string of the molecule is Cc1noc(C)c1NC(=O)N1CO[C@H](C)[C@@H]1C(=O)N(C)Cc1ccc(Cl)cc1. The van der Waals surface area contributed by atoms with Gasteiger partial charge < -0.3 is 19.5 Å². The molecular formula is C19H23ClN4O4. The van der Waals surface area contributed by atoms with Crippen molar-refractivity contribution < 1.29 is 18.8 Å². The number of nitrogens with one attached hydrogen (secondary N) is 1. The van der Waals surface area contributed by atoms with Crippen LogP contribution in [0.25, 0.3) is 0 Å². The zero-order valence-corrected chi connectivity index (χ0v) is 17.0. The van der Waals surface area contributed by atoms with Gasteiger partial charge in [0.05, 0.1) is 6.10 Å². The van der Waals surface area contributed by atoms with Crippen LogP contribution in [0.5, 0.6) is 0 Å². The summed E-state index contributed by atoms with van der Waals surface area (Å²) in [6.45, 7) is 5.65. The van der Waals surface area contributed by atoms with Gasteiger partial charge in [0.1, 0.15) is 24.2 Å². The molecule has 0 aliphatic carbocycles. The molecule has 0 saturated carbocycles. The molecule has 1 aliphatic heterocycles. The summed E-state index contributed by atoms with van der Waals surface area (Å²) in [5, 5.41) is 7.22. The molecule has 1 saturated heterocycles. The number of carbonyl (C=O) groups is 2. The van der Waals surface area contributed by atoms with Gasteiger partial charge in [-0.2, -0.15) is 0 Å². The average Bonchev–Trinajstić information content (AvgIpc) is 3.20. The van der Waals surface area contributed by atoms with Gasteiger partial charge in [-0.25, -0.2) is 4.79 Å². The second-order valence-electron chi connectivity index (χ2n) is 6.87. The van der Waals surface area contributed by atoms with E-state index in [-0.39, 0.29) is 12.6 Å². The van der Waals surface area contributed by atoms with Crippen LogP contribution in [0.4, 0.5) is 10.5 Å². The van der Waals surface area contributed by atoms with E-state index >= 15 is 0 Å². The first-order valence-corrected chi connectivity index (χ1v) is 9.27. The van der Waals surface area contributed by atoms with Crippen molar-refractivity contribution >= 4 is 29.2 Å². The normalized spacial score (nSPS) is 19.0. The van der Waals surface area contributed by atoms with E-state index in [1.165, 1.54) is 4.90 Å².